The highest BCUT2D eigenvalue weighted by molar-refractivity contribution is 7.20. The molecule has 0 atom stereocenters. The molecule has 0 unspecified atom stereocenters. The number of hydrogen-bond donors (Lipinski definition) is 1. The Bertz CT molecular complexity index is 1350. The maximum absolute atomic E-state index is 13.7. The van der Waals surface area contributed by atoms with Crippen LogP contribution in [-0.4, -0.2) is 71.9 Å². The number of H-pyrrole nitrogens is 1. The number of benzene rings is 2. The van der Waals surface area contributed by atoms with Gasteiger partial charge in [-0.1, -0.05) is 23.5 Å². The van der Waals surface area contributed by atoms with E-state index in [1.807, 2.05) is 55.5 Å². The summed E-state index contributed by atoms with van der Waals surface area (Å²) in [5, 5.41) is 3.92. The van der Waals surface area contributed by atoms with Gasteiger partial charge in [-0.25, -0.2) is 4.98 Å². The molecule has 1 aliphatic rings. The van der Waals surface area contributed by atoms with Gasteiger partial charge in [-0.15, -0.1) is 0 Å². The van der Waals surface area contributed by atoms with E-state index in [4.69, 9.17) is 14.5 Å². The van der Waals surface area contributed by atoms with E-state index < -0.39 is 0 Å². The van der Waals surface area contributed by atoms with Crippen LogP contribution in [-0.2, 0) is 4.74 Å². The van der Waals surface area contributed by atoms with Crippen molar-refractivity contribution in [1.82, 2.24) is 19.7 Å². The molecule has 2 aromatic heterocycles. The van der Waals surface area contributed by atoms with Crippen molar-refractivity contribution in [3.63, 3.8) is 0 Å². The molecule has 0 spiro atoms. The van der Waals surface area contributed by atoms with E-state index in [0.717, 1.165) is 72.2 Å². The molecule has 0 saturated carbocycles. The highest BCUT2D eigenvalue weighted by Gasteiger charge is 2.21. The van der Waals surface area contributed by atoms with E-state index in [2.05, 4.69) is 15.0 Å². The van der Waals surface area contributed by atoms with Crippen molar-refractivity contribution < 1.29 is 9.47 Å². The van der Waals surface area contributed by atoms with Crippen LogP contribution in [0.2, 0.25) is 0 Å². The molecule has 2 aromatic carbocycles. The number of aliphatic imine (C=N–C) groups is 1. The summed E-state index contributed by atoms with van der Waals surface area (Å²) in [5.74, 6) is 0.761. The maximum atomic E-state index is 13.7. The van der Waals surface area contributed by atoms with Crippen LogP contribution < -0.4 is 10.3 Å². The van der Waals surface area contributed by atoms with Gasteiger partial charge in [-0.05, 0) is 49.7 Å². The molecule has 1 fully saturated rings. The minimum atomic E-state index is -0.149. The third-order valence-electron chi connectivity index (χ3n) is 6.19. The molecule has 1 N–H and O–H groups in total. The lowest BCUT2D eigenvalue weighted by molar-refractivity contribution is 0.0377. The van der Waals surface area contributed by atoms with Crippen molar-refractivity contribution in [2.75, 3.05) is 46.5 Å². The first-order chi connectivity index (χ1) is 17.1. The van der Waals surface area contributed by atoms with Crippen molar-refractivity contribution in [2.24, 2.45) is 4.99 Å². The van der Waals surface area contributed by atoms with E-state index >= 15 is 0 Å². The van der Waals surface area contributed by atoms with E-state index in [9.17, 15) is 4.79 Å². The third kappa shape index (κ3) is 5.07. The zero-order valence-electron chi connectivity index (χ0n) is 20.0. The average molecular weight is 492 g/mol. The second kappa shape index (κ2) is 10.6. The van der Waals surface area contributed by atoms with Gasteiger partial charge in [0.1, 0.15) is 5.75 Å². The second-order valence-corrected chi connectivity index (χ2v) is 9.48. The van der Waals surface area contributed by atoms with Crippen LogP contribution in [0.15, 0.2) is 58.3 Å². The second-order valence-electron chi connectivity index (χ2n) is 8.47. The summed E-state index contributed by atoms with van der Waals surface area (Å²) in [6, 6.07) is 15.6. The molecule has 1 saturated heterocycles. The quantitative estimate of drug-likeness (QED) is 0.298. The molecule has 0 bridgehead atoms. The number of morpholine rings is 1. The van der Waals surface area contributed by atoms with E-state index in [1.54, 1.807) is 7.11 Å². The average Bonchev–Trinajstić information content (AvgIpc) is 3.48. The number of para-hydroxylation sites is 1. The van der Waals surface area contributed by atoms with Crippen molar-refractivity contribution in [2.45, 2.75) is 13.3 Å². The Balaban J connectivity index is 1.48. The molecule has 4 aromatic rings. The normalized spacial score (nSPS) is 15.1. The molecule has 9 heteroatoms. The molecule has 5 rings (SSSR count). The highest BCUT2D eigenvalue weighted by atomic mass is 32.1. The molecule has 1 aliphatic heterocycles. The lowest BCUT2D eigenvalue weighted by Crippen LogP contribution is -2.37. The van der Waals surface area contributed by atoms with Crippen molar-refractivity contribution in [3.05, 3.63) is 64.4 Å². The number of aromatic amines is 1. The number of fused-ring (bicyclic) bond motifs is 1. The smallest absolute Gasteiger partial charge is 0.283 e. The van der Waals surface area contributed by atoms with Crippen molar-refractivity contribution in [3.8, 4) is 22.1 Å². The number of aromatic nitrogens is 3. The number of nitrogens with zero attached hydrogens (tertiary/aromatic N) is 4. The minimum Gasteiger partial charge on any atom is -0.497 e. The molecular formula is C26H29N5O3S. The van der Waals surface area contributed by atoms with Gasteiger partial charge in [0, 0.05) is 37.5 Å². The maximum Gasteiger partial charge on any atom is 0.283 e. The van der Waals surface area contributed by atoms with Crippen molar-refractivity contribution >= 4 is 27.3 Å². The molecule has 3 heterocycles. The number of thiazole rings is 1. The molecule has 0 aliphatic carbocycles. The Morgan fingerprint density at radius 1 is 1.17 bits per heavy atom. The molecule has 0 amide bonds. The number of ether oxygens (including phenoxy) is 2. The lowest BCUT2D eigenvalue weighted by atomic mass is 10.1. The van der Waals surface area contributed by atoms with Gasteiger partial charge >= 0.3 is 0 Å². The summed E-state index contributed by atoms with van der Waals surface area (Å²) in [5.41, 5.74) is 3.63. The summed E-state index contributed by atoms with van der Waals surface area (Å²) in [6.45, 7) is 7.08. The lowest BCUT2D eigenvalue weighted by Gasteiger charge is -2.26. The Morgan fingerprint density at radius 2 is 1.94 bits per heavy atom. The predicted molar refractivity (Wildman–Crippen MR) is 141 cm³/mol. The number of hydrogen-bond acceptors (Lipinski definition) is 7. The molecular weight excluding hydrogens is 462 g/mol. The largest absolute Gasteiger partial charge is 0.497 e. The molecule has 35 heavy (non-hydrogen) atoms. The predicted octanol–water partition coefficient (Wildman–Crippen LogP) is 3.98. The Kier molecular flexibility index (Phi) is 7.08. The van der Waals surface area contributed by atoms with Gasteiger partial charge in [0.05, 0.1) is 41.8 Å². The summed E-state index contributed by atoms with van der Waals surface area (Å²) in [4.78, 5) is 25.5. The number of rotatable bonds is 8. The fraction of sp³-hybridized carbons (Fsp3) is 0.346. The zero-order chi connectivity index (χ0) is 24.2. The van der Waals surface area contributed by atoms with E-state index in [0.29, 0.717) is 17.2 Å². The van der Waals surface area contributed by atoms with Crippen LogP contribution >= 0.6 is 11.3 Å². The monoisotopic (exact) mass is 491 g/mol. The van der Waals surface area contributed by atoms with Gasteiger partial charge in [-0.3, -0.25) is 19.8 Å². The SMILES string of the molecule is COc1ccc(-c2[nH]n(-c3nc4ccccc4s3)c(=O)c2C(C)=NCCCN2CCOCC2)cc1. The van der Waals surface area contributed by atoms with E-state index in [-0.39, 0.29) is 5.56 Å². The van der Waals surface area contributed by atoms with Crippen LogP contribution in [0.3, 0.4) is 0 Å². The molecule has 0 radical (unpaired) electrons. The molecule has 182 valence electrons. The van der Waals surface area contributed by atoms with Gasteiger partial charge in [0.25, 0.3) is 5.56 Å². The standard InChI is InChI=1S/C26H29N5O3S/c1-18(27-12-5-13-30-14-16-34-17-15-30)23-24(19-8-10-20(33-2)11-9-19)29-31(25(23)32)26-28-21-6-3-4-7-22(21)35-26/h3-4,6-11,29H,5,12-17H2,1-2H3. The first-order valence-corrected chi connectivity index (χ1v) is 12.6. The van der Waals surface area contributed by atoms with Crippen LogP contribution in [0.25, 0.3) is 26.6 Å². The first-order valence-electron chi connectivity index (χ1n) is 11.8. The van der Waals surface area contributed by atoms with Crippen molar-refractivity contribution in [1.29, 1.82) is 0 Å². The topological polar surface area (TPSA) is 84.7 Å². The fourth-order valence-corrected chi connectivity index (χ4v) is 5.20. The highest BCUT2D eigenvalue weighted by Crippen LogP contribution is 2.27. The summed E-state index contributed by atoms with van der Waals surface area (Å²) in [7, 11) is 1.64. The summed E-state index contributed by atoms with van der Waals surface area (Å²) >= 11 is 1.48. The van der Waals surface area contributed by atoms with Gasteiger partial charge in [-0.2, -0.15) is 4.68 Å². The Labute approximate surface area is 207 Å². The third-order valence-corrected chi connectivity index (χ3v) is 7.21. The van der Waals surface area contributed by atoms with Crippen LogP contribution in [0.5, 0.6) is 5.75 Å². The fourth-order valence-electron chi connectivity index (χ4n) is 4.27. The summed E-state index contributed by atoms with van der Waals surface area (Å²) in [6.07, 6.45) is 0.936. The van der Waals surface area contributed by atoms with Gasteiger partial charge < -0.3 is 9.47 Å². The Hall–Kier alpha value is -3.27. The van der Waals surface area contributed by atoms with E-state index in [1.165, 1.54) is 16.0 Å². The first kappa shape index (κ1) is 23.5. The Morgan fingerprint density at radius 3 is 2.69 bits per heavy atom. The minimum absolute atomic E-state index is 0.149. The van der Waals surface area contributed by atoms with Crippen LogP contribution in [0.4, 0.5) is 0 Å². The van der Waals surface area contributed by atoms with Gasteiger partial charge in [0.2, 0.25) is 5.13 Å². The zero-order valence-corrected chi connectivity index (χ0v) is 20.8. The number of methoxy groups -OCH3 is 1. The van der Waals surface area contributed by atoms with Gasteiger partial charge in [0.15, 0.2) is 0 Å². The van der Waals surface area contributed by atoms with Crippen LogP contribution in [0, 0.1) is 0 Å². The summed E-state index contributed by atoms with van der Waals surface area (Å²) < 4.78 is 13.3. The molecule has 8 nitrogen and oxygen atoms in total. The van der Waals surface area contributed by atoms with Crippen LogP contribution in [0.1, 0.15) is 18.9 Å². The number of nitrogens with one attached hydrogen (secondary N) is 1.